The van der Waals surface area contributed by atoms with Gasteiger partial charge in [-0.1, -0.05) is 13.8 Å². The van der Waals surface area contributed by atoms with Crippen LogP contribution in [0.2, 0.25) is 0 Å². The maximum absolute atomic E-state index is 5.19. The molecule has 0 amide bonds. The number of epoxide rings is 1. The maximum Gasteiger partial charge on any atom is 0.0813 e. The lowest BCUT2D eigenvalue weighted by Gasteiger charge is -2.12. The van der Waals surface area contributed by atoms with Crippen LogP contribution in [0.5, 0.6) is 0 Å². The van der Waals surface area contributed by atoms with E-state index >= 15 is 0 Å². The summed E-state index contributed by atoms with van der Waals surface area (Å²) in [6.07, 6.45) is 7.12. The molecule has 84 valence electrons. The Bertz CT molecular complexity index is 300. The summed E-state index contributed by atoms with van der Waals surface area (Å²) in [5.74, 6) is 0. The molecular weight excluding hydrogens is 188 g/mol. The van der Waals surface area contributed by atoms with Crippen molar-refractivity contribution in [1.29, 1.82) is 0 Å². The lowest BCUT2D eigenvalue weighted by Crippen LogP contribution is -2.08. The van der Waals surface area contributed by atoms with E-state index in [9.17, 15) is 0 Å². The minimum absolute atomic E-state index is 0.517. The summed E-state index contributed by atoms with van der Waals surface area (Å²) in [5.41, 5.74) is 1.21. The molecule has 1 aliphatic rings. The Balaban J connectivity index is 1.89. The smallest absolute Gasteiger partial charge is 0.0813 e. The summed E-state index contributed by atoms with van der Waals surface area (Å²) in [5, 5.41) is 4.61. The number of aromatic nitrogens is 2. The second-order valence-electron chi connectivity index (χ2n) is 4.25. The van der Waals surface area contributed by atoms with Crippen molar-refractivity contribution < 1.29 is 4.74 Å². The molecule has 1 aromatic rings. The van der Waals surface area contributed by atoms with E-state index in [1.807, 2.05) is 0 Å². The van der Waals surface area contributed by atoms with Gasteiger partial charge in [0.1, 0.15) is 0 Å². The molecule has 15 heavy (non-hydrogen) atoms. The Labute approximate surface area is 91.4 Å². The van der Waals surface area contributed by atoms with Gasteiger partial charge in [0.2, 0.25) is 0 Å². The van der Waals surface area contributed by atoms with Crippen molar-refractivity contribution >= 4 is 0 Å². The summed E-state index contributed by atoms with van der Waals surface area (Å²) >= 11 is 0. The molecule has 1 fully saturated rings. The highest BCUT2D eigenvalue weighted by Gasteiger charge is 2.22. The standard InChI is InChI=1S/C12H20N2O/c1-3-11(4-2)14-8-7-10(13-14)5-6-12-9-15-12/h7-8,11-12H,3-6,9H2,1-2H3. The van der Waals surface area contributed by atoms with Crippen LogP contribution in [0.25, 0.3) is 0 Å². The first-order chi connectivity index (χ1) is 7.33. The topological polar surface area (TPSA) is 30.4 Å². The summed E-state index contributed by atoms with van der Waals surface area (Å²) in [6.45, 7) is 5.38. The molecule has 0 bridgehead atoms. The molecule has 1 aliphatic heterocycles. The van der Waals surface area contributed by atoms with E-state index < -0.39 is 0 Å². The maximum atomic E-state index is 5.19. The van der Waals surface area contributed by atoms with E-state index in [0.717, 1.165) is 32.3 Å². The monoisotopic (exact) mass is 208 g/mol. The lowest BCUT2D eigenvalue weighted by atomic mass is 10.2. The van der Waals surface area contributed by atoms with Crippen molar-refractivity contribution in [2.24, 2.45) is 0 Å². The van der Waals surface area contributed by atoms with Gasteiger partial charge in [0.25, 0.3) is 0 Å². The molecule has 1 unspecified atom stereocenters. The van der Waals surface area contributed by atoms with Gasteiger partial charge in [-0.2, -0.15) is 5.10 Å². The summed E-state index contributed by atoms with van der Waals surface area (Å²) in [4.78, 5) is 0. The van der Waals surface area contributed by atoms with Crippen molar-refractivity contribution in [1.82, 2.24) is 9.78 Å². The number of rotatable bonds is 6. The molecule has 0 saturated carbocycles. The highest BCUT2D eigenvalue weighted by atomic mass is 16.6. The Hall–Kier alpha value is -0.830. The fourth-order valence-electron chi connectivity index (χ4n) is 1.92. The highest BCUT2D eigenvalue weighted by Crippen LogP contribution is 2.18. The van der Waals surface area contributed by atoms with Crippen LogP contribution in [0.4, 0.5) is 0 Å². The average molecular weight is 208 g/mol. The van der Waals surface area contributed by atoms with E-state index in [0.29, 0.717) is 12.1 Å². The third-order valence-electron chi connectivity index (χ3n) is 3.11. The van der Waals surface area contributed by atoms with Crippen LogP contribution < -0.4 is 0 Å². The average Bonchev–Trinajstić information content (AvgIpc) is 2.97. The first kappa shape index (κ1) is 10.7. The molecule has 1 saturated heterocycles. The molecule has 3 heteroatoms. The van der Waals surface area contributed by atoms with Gasteiger partial charge in [-0.05, 0) is 31.7 Å². The zero-order valence-electron chi connectivity index (χ0n) is 9.65. The quantitative estimate of drug-likeness (QED) is 0.673. The highest BCUT2D eigenvalue weighted by molar-refractivity contribution is 5.00. The van der Waals surface area contributed by atoms with Crippen LogP contribution in [0, 0.1) is 0 Å². The Morgan fingerprint density at radius 1 is 1.53 bits per heavy atom. The van der Waals surface area contributed by atoms with Crippen molar-refractivity contribution in [3.63, 3.8) is 0 Å². The molecule has 1 atom stereocenters. The number of ether oxygens (including phenoxy) is 1. The van der Waals surface area contributed by atoms with Crippen molar-refractivity contribution in [2.75, 3.05) is 6.61 Å². The second kappa shape index (κ2) is 4.79. The molecule has 0 aromatic carbocycles. The van der Waals surface area contributed by atoms with E-state index in [4.69, 9.17) is 4.74 Å². The second-order valence-corrected chi connectivity index (χ2v) is 4.25. The molecule has 3 nitrogen and oxygen atoms in total. The normalized spacial score (nSPS) is 19.8. The summed E-state index contributed by atoms with van der Waals surface area (Å²) in [7, 11) is 0. The van der Waals surface area contributed by atoms with E-state index in [1.54, 1.807) is 0 Å². The van der Waals surface area contributed by atoms with Gasteiger partial charge in [0.05, 0.1) is 24.4 Å². The Kier molecular flexibility index (Phi) is 3.41. The zero-order valence-corrected chi connectivity index (χ0v) is 9.65. The van der Waals surface area contributed by atoms with Gasteiger partial charge in [0.15, 0.2) is 0 Å². The summed E-state index contributed by atoms with van der Waals surface area (Å²) < 4.78 is 7.31. The van der Waals surface area contributed by atoms with Crippen LogP contribution in [0.1, 0.15) is 44.8 Å². The number of nitrogens with zero attached hydrogens (tertiary/aromatic N) is 2. The van der Waals surface area contributed by atoms with Gasteiger partial charge in [-0.15, -0.1) is 0 Å². The first-order valence-corrected chi connectivity index (χ1v) is 5.99. The number of aryl methyl sites for hydroxylation is 1. The predicted octanol–water partition coefficient (Wildman–Crippen LogP) is 2.58. The number of hydrogen-bond donors (Lipinski definition) is 0. The SMILES string of the molecule is CCC(CC)n1ccc(CCC2CO2)n1. The molecule has 2 heterocycles. The van der Waals surface area contributed by atoms with Gasteiger partial charge in [-0.3, -0.25) is 4.68 Å². The molecule has 0 radical (unpaired) electrons. The van der Waals surface area contributed by atoms with E-state index in [2.05, 4.69) is 35.9 Å². The Morgan fingerprint density at radius 2 is 2.27 bits per heavy atom. The van der Waals surface area contributed by atoms with Crippen LogP contribution in [-0.2, 0) is 11.2 Å². The van der Waals surface area contributed by atoms with Crippen molar-refractivity contribution in [2.45, 2.75) is 51.7 Å². The van der Waals surface area contributed by atoms with E-state index in [1.165, 1.54) is 5.69 Å². The van der Waals surface area contributed by atoms with Crippen LogP contribution in [0.3, 0.4) is 0 Å². The Morgan fingerprint density at radius 3 is 2.87 bits per heavy atom. The third kappa shape index (κ3) is 2.81. The molecular formula is C12H20N2O. The van der Waals surface area contributed by atoms with Crippen molar-refractivity contribution in [3.05, 3.63) is 18.0 Å². The molecule has 0 aliphatic carbocycles. The minimum Gasteiger partial charge on any atom is -0.373 e. The van der Waals surface area contributed by atoms with E-state index in [-0.39, 0.29) is 0 Å². The zero-order chi connectivity index (χ0) is 10.7. The molecule has 0 N–H and O–H groups in total. The minimum atomic E-state index is 0.517. The van der Waals surface area contributed by atoms with Gasteiger partial charge >= 0.3 is 0 Å². The predicted molar refractivity (Wildman–Crippen MR) is 59.9 cm³/mol. The summed E-state index contributed by atoms with van der Waals surface area (Å²) in [6, 6.07) is 2.71. The van der Waals surface area contributed by atoms with Crippen LogP contribution in [-0.4, -0.2) is 22.5 Å². The van der Waals surface area contributed by atoms with Crippen molar-refractivity contribution in [3.8, 4) is 0 Å². The fraction of sp³-hybridized carbons (Fsp3) is 0.750. The lowest BCUT2D eigenvalue weighted by molar-refractivity contribution is 0.393. The third-order valence-corrected chi connectivity index (χ3v) is 3.11. The fourth-order valence-corrected chi connectivity index (χ4v) is 1.92. The van der Waals surface area contributed by atoms with Crippen LogP contribution in [0.15, 0.2) is 12.3 Å². The molecule has 0 spiro atoms. The number of hydrogen-bond acceptors (Lipinski definition) is 2. The molecule has 1 aromatic heterocycles. The first-order valence-electron chi connectivity index (χ1n) is 5.99. The molecule has 2 rings (SSSR count). The van der Waals surface area contributed by atoms with Crippen LogP contribution >= 0.6 is 0 Å². The largest absolute Gasteiger partial charge is 0.373 e. The van der Waals surface area contributed by atoms with Gasteiger partial charge in [0, 0.05) is 6.20 Å². The van der Waals surface area contributed by atoms with Gasteiger partial charge in [-0.25, -0.2) is 0 Å². The van der Waals surface area contributed by atoms with Gasteiger partial charge < -0.3 is 4.74 Å².